The minimum atomic E-state index is 0.394. The van der Waals surface area contributed by atoms with E-state index in [2.05, 4.69) is 16.8 Å². The smallest absolute Gasteiger partial charge is 0.129 e. The third-order valence-corrected chi connectivity index (χ3v) is 4.14. The van der Waals surface area contributed by atoms with Gasteiger partial charge in [-0.05, 0) is 12.1 Å². The summed E-state index contributed by atoms with van der Waals surface area (Å²) in [7, 11) is 0. The van der Waals surface area contributed by atoms with E-state index >= 15 is 0 Å². The standard InChI is InChI=1S/C11H16ClN3S/c1-8-7-15(4-5-16-8)11-3-2-9(12)10(6-13)14-11/h2-3,8H,4-7,13H2,1H3. The Balaban J connectivity index is 2.19. The van der Waals surface area contributed by atoms with E-state index in [0.717, 1.165) is 30.4 Å². The van der Waals surface area contributed by atoms with Gasteiger partial charge >= 0.3 is 0 Å². The molecule has 16 heavy (non-hydrogen) atoms. The zero-order valence-corrected chi connectivity index (χ0v) is 10.9. The van der Waals surface area contributed by atoms with Gasteiger partial charge in [-0.25, -0.2) is 4.98 Å². The molecule has 1 fully saturated rings. The topological polar surface area (TPSA) is 42.1 Å². The Bertz CT molecular complexity index is 372. The van der Waals surface area contributed by atoms with Gasteiger partial charge in [0.25, 0.3) is 0 Å². The highest BCUT2D eigenvalue weighted by atomic mass is 35.5. The molecular weight excluding hydrogens is 242 g/mol. The molecule has 5 heteroatoms. The Morgan fingerprint density at radius 3 is 3.12 bits per heavy atom. The molecule has 0 aromatic carbocycles. The predicted octanol–water partition coefficient (Wildman–Crippen LogP) is 2.14. The number of hydrogen-bond donors (Lipinski definition) is 1. The minimum Gasteiger partial charge on any atom is -0.355 e. The summed E-state index contributed by atoms with van der Waals surface area (Å²) in [6, 6.07) is 3.86. The van der Waals surface area contributed by atoms with E-state index in [1.54, 1.807) is 0 Å². The second-order valence-corrected chi connectivity index (χ2v) is 5.88. The Hall–Kier alpha value is -0.450. The quantitative estimate of drug-likeness (QED) is 0.882. The van der Waals surface area contributed by atoms with Crippen LogP contribution >= 0.6 is 23.4 Å². The van der Waals surface area contributed by atoms with E-state index in [0.29, 0.717) is 16.8 Å². The number of nitrogens with zero attached hydrogens (tertiary/aromatic N) is 2. The summed E-state index contributed by atoms with van der Waals surface area (Å²) >= 11 is 8.01. The van der Waals surface area contributed by atoms with Gasteiger partial charge in [0.2, 0.25) is 0 Å². The van der Waals surface area contributed by atoms with Crippen molar-refractivity contribution in [3.8, 4) is 0 Å². The first-order valence-corrected chi connectivity index (χ1v) is 6.85. The third-order valence-electron chi connectivity index (χ3n) is 2.66. The van der Waals surface area contributed by atoms with Crippen LogP contribution in [0.25, 0.3) is 0 Å². The molecule has 0 radical (unpaired) electrons. The molecule has 3 nitrogen and oxygen atoms in total. The van der Waals surface area contributed by atoms with Gasteiger partial charge in [0.15, 0.2) is 0 Å². The summed E-state index contributed by atoms with van der Waals surface area (Å²) in [4.78, 5) is 6.81. The molecule has 0 saturated carbocycles. The van der Waals surface area contributed by atoms with Gasteiger partial charge in [-0.1, -0.05) is 18.5 Å². The molecule has 88 valence electrons. The molecule has 0 spiro atoms. The fourth-order valence-corrected chi connectivity index (χ4v) is 3.01. The maximum atomic E-state index is 6.00. The van der Waals surface area contributed by atoms with Gasteiger partial charge < -0.3 is 10.6 Å². The van der Waals surface area contributed by atoms with Crippen molar-refractivity contribution >= 4 is 29.2 Å². The summed E-state index contributed by atoms with van der Waals surface area (Å²) < 4.78 is 0. The summed E-state index contributed by atoms with van der Waals surface area (Å²) in [5, 5.41) is 1.32. The lowest BCUT2D eigenvalue weighted by Gasteiger charge is -2.31. The van der Waals surface area contributed by atoms with Crippen LogP contribution in [0.2, 0.25) is 5.02 Å². The number of halogens is 1. The monoisotopic (exact) mass is 257 g/mol. The largest absolute Gasteiger partial charge is 0.355 e. The molecule has 2 heterocycles. The second kappa shape index (κ2) is 5.25. The van der Waals surface area contributed by atoms with Crippen molar-refractivity contribution in [1.29, 1.82) is 0 Å². The highest BCUT2D eigenvalue weighted by molar-refractivity contribution is 8.00. The molecule has 1 unspecified atom stereocenters. The van der Waals surface area contributed by atoms with E-state index < -0.39 is 0 Å². The SMILES string of the molecule is CC1CN(c2ccc(Cl)c(CN)n2)CCS1. The number of hydrogen-bond acceptors (Lipinski definition) is 4. The Morgan fingerprint density at radius 1 is 1.62 bits per heavy atom. The highest BCUT2D eigenvalue weighted by Gasteiger charge is 2.18. The second-order valence-electron chi connectivity index (χ2n) is 3.93. The van der Waals surface area contributed by atoms with Gasteiger partial charge in [-0.3, -0.25) is 0 Å². The molecule has 2 N–H and O–H groups in total. The molecule has 1 aliphatic heterocycles. The maximum Gasteiger partial charge on any atom is 0.129 e. The Morgan fingerprint density at radius 2 is 2.44 bits per heavy atom. The molecule has 0 amide bonds. The van der Waals surface area contributed by atoms with Crippen LogP contribution in [0.3, 0.4) is 0 Å². The van der Waals surface area contributed by atoms with Crippen LogP contribution in [0.5, 0.6) is 0 Å². The van der Waals surface area contributed by atoms with Crippen molar-refractivity contribution in [1.82, 2.24) is 4.98 Å². The molecule has 1 atom stereocenters. The molecular formula is C11H16ClN3S. The summed E-state index contributed by atoms with van der Waals surface area (Å²) in [5.74, 6) is 2.15. The van der Waals surface area contributed by atoms with Crippen molar-refractivity contribution in [2.24, 2.45) is 5.73 Å². The van der Waals surface area contributed by atoms with Crippen LogP contribution < -0.4 is 10.6 Å². The third kappa shape index (κ3) is 2.62. The fourth-order valence-electron chi connectivity index (χ4n) is 1.82. The average molecular weight is 258 g/mol. The van der Waals surface area contributed by atoms with Crippen LogP contribution in [0.4, 0.5) is 5.82 Å². The Labute approximate surface area is 105 Å². The zero-order chi connectivity index (χ0) is 11.5. The van der Waals surface area contributed by atoms with Gasteiger partial charge in [0.1, 0.15) is 5.82 Å². The first-order valence-electron chi connectivity index (χ1n) is 5.42. The summed E-state index contributed by atoms with van der Waals surface area (Å²) in [6.45, 7) is 4.73. The number of rotatable bonds is 2. The molecule has 0 aliphatic carbocycles. The first-order chi connectivity index (χ1) is 7.70. The minimum absolute atomic E-state index is 0.394. The molecule has 2 rings (SSSR count). The van der Waals surface area contributed by atoms with Crippen molar-refractivity contribution in [2.45, 2.75) is 18.7 Å². The maximum absolute atomic E-state index is 6.00. The summed E-state index contributed by atoms with van der Waals surface area (Å²) in [5.41, 5.74) is 6.39. The Kier molecular flexibility index (Phi) is 3.95. The lowest BCUT2D eigenvalue weighted by Crippen LogP contribution is -2.37. The number of nitrogens with two attached hydrogens (primary N) is 1. The predicted molar refractivity (Wildman–Crippen MR) is 71.3 cm³/mol. The molecule has 1 saturated heterocycles. The van der Waals surface area contributed by atoms with Crippen LogP contribution in [-0.2, 0) is 6.54 Å². The van der Waals surface area contributed by atoms with Crippen molar-refractivity contribution < 1.29 is 0 Å². The van der Waals surface area contributed by atoms with Gasteiger partial charge in [-0.2, -0.15) is 11.8 Å². The molecule has 1 aromatic heterocycles. The van der Waals surface area contributed by atoms with E-state index in [1.165, 1.54) is 0 Å². The molecule has 1 aliphatic rings. The van der Waals surface area contributed by atoms with Crippen molar-refractivity contribution in [2.75, 3.05) is 23.7 Å². The van der Waals surface area contributed by atoms with Crippen LogP contribution in [0, 0.1) is 0 Å². The molecule has 0 bridgehead atoms. The lowest BCUT2D eigenvalue weighted by molar-refractivity contribution is 0.765. The van der Waals surface area contributed by atoms with Gasteiger partial charge in [0.05, 0.1) is 10.7 Å². The average Bonchev–Trinajstić information content (AvgIpc) is 2.29. The number of pyridine rings is 1. The molecule has 1 aromatic rings. The number of aromatic nitrogens is 1. The van der Waals surface area contributed by atoms with E-state index in [1.807, 2.05) is 23.9 Å². The van der Waals surface area contributed by atoms with Crippen LogP contribution in [-0.4, -0.2) is 29.1 Å². The lowest BCUT2D eigenvalue weighted by atomic mass is 10.3. The van der Waals surface area contributed by atoms with E-state index in [9.17, 15) is 0 Å². The number of thioether (sulfide) groups is 1. The van der Waals surface area contributed by atoms with Crippen molar-refractivity contribution in [3.63, 3.8) is 0 Å². The van der Waals surface area contributed by atoms with Crippen LogP contribution in [0.15, 0.2) is 12.1 Å². The van der Waals surface area contributed by atoms with Gasteiger partial charge in [0, 0.05) is 30.6 Å². The zero-order valence-electron chi connectivity index (χ0n) is 9.32. The van der Waals surface area contributed by atoms with Gasteiger partial charge in [-0.15, -0.1) is 0 Å². The van der Waals surface area contributed by atoms with Crippen LogP contribution in [0.1, 0.15) is 12.6 Å². The van der Waals surface area contributed by atoms with E-state index in [-0.39, 0.29) is 0 Å². The highest BCUT2D eigenvalue weighted by Crippen LogP contribution is 2.24. The van der Waals surface area contributed by atoms with E-state index in [4.69, 9.17) is 17.3 Å². The normalized spacial score (nSPS) is 21.2. The fraction of sp³-hybridized carbons (Fsp3) is 0.545. The number of anilines is 1. The summed E-state index contributed by atoms with van der Waals surface area (Å²) in [6.07, 6.45) is 0. The first kappa shape index (κ1) is 12.0. The van der Waals surface area contributed by atoms with Crippen molar-refractivity contribution in [3.05, 3.63) is 22.8 Å².